The van der Waals surface area contributed by atoms with Crippen LogP contribution in [0.5, 0.6) is 5.75 Å². The Kier molecular flexibility index (Phi) is 8.22. The van der Waals surface area contributed by atoms with Crippen molar-refractivity contribution in [2.45, 2.75) is 66.2 Å². The second kappa shape index (κ2) is 12.4. The van der Waals surface area contributed by atoms with E-state index in [1.54, 1.807) is 0 Å². The molecule has 4 nitrogen and oxygen atoms in total. The minimum atomic E-state index is -0.240. The van der Waals surface area contributed by atoms with Gasteiger partial charge in [0.1, 0.15) is 11.4 Å². The summed E-state index contributed by atoms with van der Waals surface area (Å²) < 4.78 is 2.18. The Morgan fingerprint density at radius 3 is 1.80 bits per heavy atom. The molecule has 0 radical (unpaired) electrons. The monoisotopic (exact) mass is 655 g/mol. The molecule has 0 aliphatic heterocycles. The Hall–Kier alpha value is -5.48. The Balaban J connectivity index is 1.44. The van der Waals surface area contributed by atoms with Crippen molar-refractivity contribution in [3.8, 4) is 61.6 Å². The lowest BCUT2D eigenvalue weighted by atomic mass is 9.78. The second-order valence-corrected chi connectivity index (χ2v) is 15.6. The predicted molar refractivity (Wildman–Crippen MR) is 209 cm³/mol. The van der Waals surface area contributed by atoms with Gasteiger partial charge < -0.3 is 9.51 Å². The highest BCUT2D eigenvalue weighted by molar-refractivity contribution is 5.88. The van der Waals surface area contributed by atoms with Gasteiger partial charge in [-0.25, -0.2) is 4.98 Å². The third kappa shape index (κ3) is 6.22. The van der Waals surface area contributed by atoms with Gasteiger partial charge >= 0.3 is 0 Å². The molecule has 0 bridgehead atoms. The third-order valence-corrected chi connectivity index (χ3v) is 9.65. The van der Waals surface area contributed by atoms with Gasteiger partial charge in [0.25, 0.3) is 0 Å². The highest BCUT2D eigenvalue weighted by Gasteiger charge is 2.28. The van der Waals surface area contributed by atoms with Crippen LogP contribution < -0.4 is 0 Å². The molecule has 50 heavy (non-hydrogen) atoms. The van der Waals surface area contributed by atoms with Crippen LogP contribution in [-0.4, -0.2) is 19.5 Å². The van der Waals surface area contributed by atoms with Crippen molar-refractivity contribution in [2.24, 2.45) is 0 Å². The number of hydrogen-bond acceptors (Lipinski definition) is 3. The summed E-state index contributed by atoms with van der Waals surface area (Å²) in [4.78, 5) is 10.3. The van der Waals surface area contributed by atoms with Crippen molar-refractivity contribution in [1.82, 2.24) is 14.4 Å². The van der Waals surface area contributed by atoms with E-state index in [1.165, 1.54) is 5.56 Å². The molecule has 1 N–H and O–H groups in total. The molecule has 0 spiro atoms. The van der Waals surface area contributed by atoms with E-state index in [1.807, 2.05) is 18.3 Å². The standard InChI is InChI=1S/C46H45N3O/c1-29-21-38(44-48-42(30(2)49(44)28-29)39-25-37(45(3,4)5)26-40(43(39)50)46(6,7)8)35-22-34(32-17-13-10-14-18-32)23-36(24-35)41-20-19-33(27-47-41)31-15-11-9-12-16-31/h9-28,50H,1-8H3. The fourth-order valence-electron chi connectivity index (χ4n) is 6.78. The van der Waals surface area contributed by atoms with E-state index in [-0.39, 0.29) is 10.8 Å². The minimum absolute atomic E-state index is 0.0983. The number of aromatic hydroxyl groups is 1. The average Bonchev–Trinajstić information content (AvgIpc) is 3.43. The lowest BCUT2D eigenvalue weighted by Gasteiger charge is -2.27. The van der Waals surface area contributed by atoms with E-state index in [0.29, 0.717) is 5.75 Å². The van der Waals surface area contributed by atoms with E-state index in [4.69, 9.17) is 9.97 Å². The van der Waals surface area contributed by atoms with Crippen molar-refractivity contribution < 1.29 is 5.11 Å². The van der Waals surface area contributed by atoms with Crippen LogP contribution in [0.25, 0.3) is 61.5 Å². The van der Waals surface area contributed by atoms with Gasteiger partial charge in [0.15, 0.2) is 0 Å². The van der Waals surface area contributed by atoms with E-state index >= 15 is 0 Å². The normalized spacial score (nSPS) is 12.1. The SMILES string of the molecule is Cc1cc(-c2cc(-c3ccccc3)cc(-c3ccc(-c4ccccc4)cn3)c2)c2nc(-c3cc(C(C)(C)C)cc(C(C)(C)C)c3O)c(C)n2c1. The molecule has 0 fully saturated rings. The molecule has 3 heterocycles. The molecule has 4 aromatic carbocycles. The zero-order valence-electron chi connectivity index (χ0n) is 30.3. The number of imidazole rings is 1. The van der Waals surface area contributed by atoms with Crippen molar-refractivity contribution in [3.05, 3.63) is 144 Å². The molecule has 250 valence electrons. The van der Waals surface area contributed by atoms with Crippen molar-refractivity contribution in [3.63, 3.8) is 0 Å². The third-order valence-electron chi connectivity index (χ3n) is 9.65. The van der Waals surface area contributed by atoms with Crippen LogP contribution in [-0.2, 0) is 10.8 Å². The molecule has 0 aliphatic rings. The molecule has 0 aliphatic carbocycles. The van der Waals surface area contributed by atoms with Gasteiger partial charge in [0.05, 0.1) is 11.4 Å². The van der Waals surface area contributed by atoms with Crippen molar-refractivity contribution in [2.75, 3.05) is 0 Å². The molecule has 7 aromatic rings. The first kappa shape index (κ1) is 33.0. The zero-order chi connectivity index (χ0) is 35.4. The quantitative estimate of drug-likeness (QED) is 0.201. The fraction of sp³-hybridized carbons (Fsp3) is 0.217. The summed E-state index contributed by atoms with van der Waals surface area (Å²) >= 11 is 0. The summed E-state index contributed by atoms with van der Waals surface area (Å²) in [5.41, 5.74) is 14.8. The summed E-state index contributed by atoms with van der Waals surface area (Å²) in [7, 11) is 0. The Morgan fingerprint density at radius 1 is 0.580 bits per heavy atom. The maximum atomic E-state index is 11.8. The van der Waals surface area contributed by atoms with Crippen LogP contribution in [0.15, 0.2) is 122 Å². The molecule has 0 amide bonds. The lowest BCUT2D eigenvalue weighted by Crippen LogP contribution is -2.17. The van der Waals surface area contributed by atoms with Crippen LogP contribution in [0.2, 0.25) is 0 Å². The maximum absolute atomic E-state index is 11.8. The lowest BCUT2D eigenvalue weighted by molar-refractivity contribution is 0.446. The minimum Gasteiger partial charge on any atom is -0.507 e. The van der Waals surface area contributed by atoms with Crippen molar-refractivity contribution in [1.29, 1.82) is 0 Å². The number of phenols is 1. The number of phenolic OH excluding ortho intramolecular Hbond substituents is 1. The summed E-state index contributed by atoms with van der Waals surface area (Å²) in [6, 6.07) is 38.3. The molecule has 4 heteroatoms. The summed E-state index contributed by atoms with van der Waals surface area (Å²) in [6.07, 6.45) is 4.10. The molecule has 0 unspecified atom stereocenters. The number of nitrogens with zero attached hydrogens (tertiary/aromatic N) is 3. The van der Waals surface area contributed by atoms with Gasteiger partial charge in [-0.15, -0.1) is 0 Å². The van der Waals surface area contributed by atoms with Gasteiger partial charge in [-0.2, -0.15) is 0 Å². The Bertz CT molecular complexity index is 2340. The maximum Gasteiger partial charge on any atom is 0.145 e. The first-order valence-corrected chi connectivity index (χ1v) is 17.4. The van der Waals surface area contributed by atoms with Crippen LogP contribution >= 0.6 is 0 Å². The van der Waals surface area contributed by atoms with Crippen LogP contribution in [0.4, 0.5) is 0 Å². The van der Waals surface area contributed by atoms with Gasteiger partial charge in [0.2, 0.25) is 0 Å². The fourth-order valence-corrected chi connectivity index (χ4v) is 6.78. The summed E-state index contributed by atoms with van der Waals surface area (Å²) in [6.45, 7) is 17.3. The molecular formula is C46H45N3O. The van der Waals surface area contributed by atoms with Gasteiger partial charge in [-0.1, -0.05) is 114 Å². The van der Waals surface area contributed by atoms with Crippen molar-refractivity contribution >= 4 is 5.65 Å². The molecule has 7 rings (SSSR count). The molecule has 0 atom stereocenters. The summed E-state index contributed by atoms with van der Waals surface area (Å²) in [5.74, 6) is 0.300. The van der Waals surface area contributed by atoms with E-state index in [0.717, 1.165) is 78.4 Å². The number of pyridine rings is 2. The molecule has 0 saturated heterocycles. The van der Waals surface area contributed by atoms with E-state index < -0.39 is 0 Å². The van der Waals surface area contributed by atoms with Crippen LogP contribution in [0.1, 0.15) is 63.9 Å². The number of hydrogen-bond donors (Lipinski definition) is 1. The second-order valence-electron chi connectivity index (χ2n) is 15.6. The Morgan fingerprint density at radius 2 is 1.20 bits per heavy atom. The first-order valence-electron chi connectivity index (χ1n) is 17.4. The average molecular weight is 656 g/mol. The highest BCUT2D eigenvalue weighted by atomic mass is 16.3. The topological polar surface area (TPSA) is 50.4 Å². The van der Waals surface area contributed by atoms with E-state index in [9.17, 15) is 5.11 Å². The van der Waals surface area contributed by atoms with Crippen LogP contribution in [0.3, 0.4) is 0 Å². The van der Waals surface area contributed by atoms with E-state index in [2.05, 4.69) is 163 Å². The largest absolute Gasteiger partial charge is 0.507 e. The smallest absolute Gasteiger partial charge is 0.145 e. The molecule has 3 aromatic heterocycles. The predicted octanol–water partition coefficient (Wildman–Crippen LogP) is 12.0. The van der Waals surface area contributed by atoms with Gasteiger partial charge in [0, 0.05) is 45.9 Å². The summed E-state index contributed by atoms with van der Waals surface area (Å²) in [5, 5.41) is 11.8. The number of rotatable bonds is 5. The number of aryl methyl sites for hydroxylation is 2. The van der Waals surface area contributed by atoms with Gasteiger partial charge in [-0.05, 0) is 94.5 Å². The molecular weight excluding hydrogens is 611 g/mol. The molecule has 0 saturated carbocycles. The zero-order valence-corrected chi connectivity index (χ0v) is 30.3. The Labute approximate surface area is 296 Å². The van der Waals surface area contributed by atoms with Crippen LogP contribution in [0, 0.1) is 13.8 Å². The van der Waals surface area contributed by atoms with Gasteiger partial charge in [-0.3, -0.25) is 4.98 Å². The highest BCUT2D eigenvalue weighted by Crippen LogP contribution is 2.44. The number of fused-ring (bicyclic) bond motifs is 1. The number of benzene rings is 4. The first-order chi connectivity index (χ1) is 23.8. The number of aromatic nitrogens is 3.